The number of hydrogen-bond donors (Lipinski definition) is 2. The van der Waals surface area contributed by atoms with Crippen molar-refractivity contribution in [2.24, 2.45) is 0 Å². The van der Waals surface area contributed by atoms with Crippen LogP contribution in [-0.2, 0) is 0 Å². The number of hydrogen-bond acceptors (Lipinski definition) is 5. The number of ether oxygens (including phenoxy) is 1. The first-order valence-electron chi connectivity index (χ1n) is 8.78. The van der Waals surface area contributed by atoms with Crippen LogP contribution in [0.1, 0.15) is 12.8 Å². The molecule has 3 aromatic rings. The van der Waals surface area contributed by atoms with Gasteiger partial charge in [0, 0.05) is 11.6 Å². The Balaban J connectivity index is 1.66. The smallest absolute Gasteiger partial charge is 0.180 e. The fourth-order valence-electron chi connectivity index (χ4n) is 3.32. The van der Waals surface area contributed by atoms with E-state index in [0.717, 1.165) is 54.3 Å². The lowest BCUT2D eigenvalue weighted by Crippen LogP contribution is -2.36. The predicted octanol–water partition coefficient (Wildman–Crippen LogP) is 3.79. The van der Waals surface area contributed by atoms with Gasteiger partial charge in [0.15, 0.2) is 5.65 Å². The van der Waals surface area contributed by atoms with Crippen LogP contribution in [0.2, 0.25) is 5.02 Å². The summed E-state index contributed by atoms with van der Waals surface area (Å²) in [5.41, 5.74) is 3.38. The van der Waals surface area contributed by atoms with E-state index in [9.17, 15) is 0 Å². The van der Waals surface area contributed by atoms with Crippen molar-refractivity contribution in [1.82, 2.24) is 19.9 Å². The van der Waals surface area contributed by atoms with Gasteiger partial charge in [-0.1, -0.05) is 11.6 Å². The van der Waals surface area contributed by atoms with Gasteiger partial charge in [0.1, 0.15) is 17.1 Å². The first kappa shape index (κ1) is 17.1. The summed E-state index contributed by atoms with van der Waals surface area (Å²) in [5.74, 6) is 1.58. The number of nitrogens with zero attached hydrogens (tertiary/aromatic N) is 3. The van der Waals surface area contributed by atoms with Crippen LogP contribution in [0, 0.1) is 0 Å². The summed E-state index contributed by atoms with van der Waals surface area (Å²) in [5, 5.41) is 4.22. The second kappa shape index (κ2) is 7.13. The lowest BCUT2D eigenvalue weighted by Gasteiger charge is -2.30. The lowest BCUT2D eigenvalue weighted by atomic mass is 10.1. The van der Waals surface area contributed by atoms with E-state index < -0.39 is 0 Å². The van der Waals surface area contributed by atoms with E-state index in [-0.39, 0.29) is 0 Å². The van der Waals surface area contributed by atoms with Gasteiger partial charge < -0.3 is 19.9 Å². The van der Waals surface area contributed by atoms with Gasteiger partial charge in [0.25, 0.3) is 0 Å². The minimum atomic E-state index is 0.405. The number of anilines is 1. The molecular formula is C19H22ClN5O. The van der Waals surface area contributed by atoms with E-state index in [0.29, 0.717) is 16.7 Å². The number of pyridine rings is 1. The van der Waals surface area contributed by atoms with Gasteiger partial charge in [-0.05, 0) is 57.2 Å². The number of nitrogens with one attached hydrogen (secondary N) is 2. The highest BCUT2D eigenvalue weighted by Crippen LogP contribution is 2.32. The Morgan fingerprint density at radius 1 is 1.23 bits per heavy atom. The molecule has 0 radical (unpaired) electrons. The summed E-state index contributed by atoms with van der Waals surface area (Å²) in [4.78, 5) is 14.7. The number of rotatable bonds is 4. The zero-order valence-electron chi connectivity index (χ0n) is 14.9. The summed E-state index contributed by atoms with van der Waals surface area (Å²) in [6, 6.07) is 8.19. The normalized spacial score (nSPS) is 16.1. The second-order valence-corrected chi connectivity index (χ2v) is 7.12. The second-order valence-electron chi connectivity index (χ2n) is 6.72. The first-order chi connectivity index (χ1) is 12.6. The van der Waals surface area contributed by atoms with Crippen molar-refractivity contribution in [2.45, 2.75) is 18.9 Å². The van der Waals surface area contributed by atoms with Gasteiger partial charge >= 0.3 is 0 Å². The first-order valence-corrected chi connectivity index (χ1v) is 9.15. The van der Waals surface area contributed by atoms with Crippen molar-refractivity contribution in [3.63, 3.8) is 0 Å². The van der Waals surface area contributed by atoms with Crippen molar-refractivity contribution in [2.75, 3.05) is 32.6 Å². The third-order valence-electron chi connectivity index (χ3n) is 4.90. The molecular weight excluding hydrogens is 350 g/mol. The number of halogens is 1. The highest BCUT2D eigenvalue weighted by molar-refractivity contribution is 6.34. The zero-order chi connectivity index (χ0) is 18.1. The highest BCUT2D eigenvalue weighted by Gasteiger charge is 2.20. The molecule has 2 N–H and O–H groups in total. The summed E-state index contributed by atoms with van der Waals surface area (Å²) in [6.07, 6.45) is 3.85. The van der Waals surface area contributed by atoms with E-state index in [4.69, 9.17) is 16.3 Å². The fraction of sp³-hybridized carbons (Fsp3) is 0.368. The number of fused-ring (bicyclic) bond motifs is 1. The van der Waals surface area contributed by atoms with Crippen LogP contribution in [-0.4, -0.2) is 53.1 Å². The average molecular weight is 372 g/mol. The van der Waals surface area contributed by atoms with Gasteiger partial charge in [0.05, 0.1) is 24.0 Å². The highest BCUT2D eigenvalue weighted by atomic mass is 35.5. The van der Waals surface area contributed by atoms with Crippen LogP contribution in [0.4, 0.5) is 5.69 Å². The SMILES string of the molecule is COc1ccc(-c2nc3ncc(Cl)c(NC4CCN(C)CC4)c3[nH]2)cc1. The number of aromatic nitrogens is 3. The maximum atomic E-state index is 6.45. The summed E-state index contributed by atoms with van der Waals surface area (Å²) in [7, 11) is 3.81. The van der Waals surface area contributed by atoms with Crippen LogP contribution in [0.5, 0.6) is 5.75 Å². The van der Waals surface area contributed by atoms with Gasteiger partial charge in [-0.2, -0.15) is 0 Å². The number of H-pyrrole nitrogens is 1. The van der Waals surface area contributed by atoms with Crippen LogP contribution in [0.3, 0.4) is 0 Å². The molecule has 0 unspecified atom stereocenters. The van der Waals surface area contributed by atoms with Crippen molar-refractivity contribution >= 4 is 28.5 Å². The number of likely N-dealkylation sites (tertiary alicyclic amines) is 1. The molecule has 136 valence electrons. The molecule has 0 spiro atoms. The Morgan fingerprint density at radius 3 is 2.65 bits per heavy atom. The summed E-state index contributed by atoms with van der Waals surface area (Å²) >= 11 is 6.45. The standard InChI is InChI=1S/C19H22ClN5O/c1-25-9-7-13(8-10-25)22-16-15(20)11-21-19-17(16)23-18(24-19)12-3-5-14(26-2)6-4-12/h3-6,11,13H,7-10H2,1-2H3,(H2,21,22,23,24). The van der Waals surface area contributed by atoms with Crippen LogP contribution in [0.25, 0.3) is 22.6 Å². The molecule has 1 fully saturated rings. The molecule has 7 heteroatoms. The van der Waals surface area contributed by atoms with E-state index in [1.807, 2.05) is 24.3 Å². The molecule has 1 aliphatic rings. The molecule has 3 heterocycles. The van der Waals surface area contributed by atoms with Crippen molar-refractivity contribution in [3.05, 3.63) is 35.5 Å². The van der Waals surface area contributed by atoms with Gasteiger partial charge in [-0.3, -0.25) is 0 Å². The summed E-state index contributed by atoms with van der Waals surface area (Å²) < 4.78 is 5.22. The third kappa shape index (κ3) is 3.34. The quantitative estimate of drug-likeness (QED) is 0.730. The predicted molar refractivity (Wildman–Crippen MR) is 105 cm³/mol. The van der Waals surface area contributed by atoms with E-state index in [2.05, 4.69) is 32.2 Å². The van der Waals surface area contributed by atoms with Crippen LogP contribution >= 0.6 is 11.6 Å². The van der Waals surface area contributed by atoms with Gasteiger partial charge in [0.2, 0.25) is 0 Å². The molecule has 1 saturated heterocycles. The number of benzene rings is 1. The molecule has 0 aliphatic carbocycles. The number of aromatic amines is 1. The number of imidazole rings is 1. The monoisotopic (exact) mass is 371 g/mol. The molecule has 4 rings (SSSR count). The molecule has 0 saturated carbocycles. The van der Waals surface area contributed by atoms with Crippen LogP contribution in [0.15, 0.2) is 30.5 Å². The van der Waals surface area contributed by atoms with Gasteiger partial charge in [-0.15, -0.1) is 0 Å². The van der Waals surface area contributed by atoms with E-state index in [1.165, 1.54) is 0 Å². The maximum absolute atomic E-state index is 6.45. The lowest BCUT2D eigenvalue weighted by molar-refractivity contribution is 0.264. The Kier molecular flexibility index (Phi) is 4.70. The fourth-order valence-corrected chi connectivity index (χ4v) is 3.52. The maximum Gasteiger partial charge on any atom is 0.180 e. The summed E-state index contributed by atoms with van der Waals surface area (Å²) in [6.45, 7) is 2.17. The molecule has 0 bridgehead atoms. The molecule has 0 atom stereocenters. The average Bonchev–Trinajstić information content (AvgIpc) is 3.10. The Labute approximate surface area is 157 Å². The van der Waals surface area contributed by atoms with E-state index >= 15 is 0 Å². The molecule has 26 heavy (non-hydrogen) atoms. The minimum Gasteiger partial charge on any atom is -0.497 e. The molecule has 0 amide bonds. The third-order valence-corrected chi connectivity index (χ3v) is 5.19. The Bertz CT molecular complexity index is 900. The number of methoxy groups -OCH3 is 1. The largest absolute Gasteiger partial charge is 0.497 e. The molecule has 6 nitrogen and oxygen atoms in total. The molecule has 1 aromatic carbocycles. The minimum absolute atomic E-state index is 0.405. The molecule has 1 aliphatic heterocycles. The van der Waals surface area contributed by atoms with E-state index in [1.54, 1.807) is 13.3 Å². The molecule has 2 aromatic heterocycles. The van der Waals surface area contributed by atoms with Crippen molar-refractivity contribution < 1.29 is 4.74 Å². The van der Waals surface area contributed by atoms with Crippen LogP contribution < -0.4 is 10.1 Å². The van der Waals surface area contributed by atoms with Gasteiger partial charge in [-0.25, -0.2) is 9.97 Å². The topological polar surface area (TPSA) is 66.1 Å². The zero-order valence-corrected chi connectivity index (χ0v) is 15.7. The van der Waals surface area contributed by atoms with Crippen molar-refractivity contribution in [3.8, 4) is 17.1 Å². The Hall–Kier alpha value is -2.31. The Morgan fingerprint density at radius 2 is 1.96 bits per heavy atom. The number of piperidine rings is 1. The van der Waals surface area contributed by atoms with Crippen molar-refractivity contribution in [1.29, 1.82) is 0 Å².